The van der Waals surface area contributed by atoms with E-state index in [1.165, 1.54) is 0 Å². The van der Waals surface area contributed by atoms with Crippen molar-refractivity contribution in [2.75, 3.05) is 20.3 Å². The normalized spacial score (nSPS) is 10.4. The van der Waals surface area contributed by atoms with Crippen molar-refractivity contribution >= 4 is 0 Å². The quantitative estimate of drug-likeness (QED) is 0.651. The fourth-order valence-electron chi connectivity index (χ4n) is 1.00. The first kappa shape index (κ1) is 10.0. The van der Waals surface area contributed by atoms with Gasteiger partial charge >= 0.3 is 0 Å². The van der Waals surface area contributed by atoms with E-state index in [4.69, 9.17) is 15.2 Å². The molecular formula is C8H15N3O2. The van der Waals surface area contributed by atoms with Crippen molar-refractivity contribution < 1.29 is 9.47 Å². The van der Waals surface area contributed by atoms with Crippen LogP contribution in [0.4, 0.5) is 0 Å². The van der Waals surface area contributed by atoms with E-state index in [-0.39, 0.29) is 0 Å². The Bertz CT molecular complexity index is 260. The highest BCUT2D eigenvalue weighted by Gasteiger charge is 2.06. The maximum absolute atomic E-state index is 5.50. The van der Waals surface area contributed by atoms with Crippen molar-refractivity contribution in [1.82, 2.24) is 9.78 Å². The topological polar surface area (TPSA) is 62.3 Å². The van der Waals surface area contributed by atoms with Crippen molar-refractivity contribution in [2.45, 2.75) is 6.54 Å². The van der Waals surface area contributed by atoms with Gasteiger partial charge in [-0.3, -0.25) is 4.68 Å². The van der Waals surface area contributed by atoms with Crippen LogP contribution < -0.4 is 10.5 Å². The predicted octanol–water partition coefficient (Wildman–Crippen LogP) is -0.0960. The van der Waals surface area contributed by atoms with Crippen molar-refractivity contribution in [3.63, 3.8) is 0 Å². The van der Waals surface area contributed by atoms with Crippen LogP contribution in [0.5, 0.6) is 5.88 Å². The molecule has 0 amide bonds. The van der Waals surface area contributed by atoms with E-state index in [0.29, 0.717) is 25.6 Å². The summed E-state index contributed by atoms with van der Waals surface area (Å²) in [6, 6.07) is 0. The van der Waals surface area contributed by atoms with Gasteiger partial charge in [0.25, 0.3) is 0 Å². The van der Waals surface area contributed by atoms with Gasteiger partial charge < -0.3 is 15.2 Å². The Morgan fingerprint density at radius 2 is 2.31 bits per heavy atom. The highest BCUT2D eigenvalue weighted by molar-refractivity contribution is 5.22. The molecule has 1 aromatic heterocycles. The Labute approximate surface area is 77.4 Å². The van der Waals surface area contributed by atoms with E-state index in [1.807, 2.05) is 13.2 Å². The van der Waals surface area contributed by atoms with E-state index in [1.54, 1.807) is 11.8 Å². The molecule has 0 aliphatic heterocycles. The van der Waals surface area contributed by atoms with Crippen molar-refractivity contribution in [1.29, 1.82) is 0 Å². The molecule has 0 saturated carbocycles. The lowest BCUT2D eigenvalue weighted by Crippen LogP contribution is -2.07. The summed E-state index contributed by atoms with van der Waals surface area (Å²) in [6.07, 6.45) is 1.85. The smallest absolute Gasteiger partial charge is 0.237 e. The molecule has 1 aromatic rings. The largest absolute Gasteiger partial charge is 0.474 e. The van der Waals surface area contributed by atoms with Gasteiger partial charge in [-0.25, -0.2) is 0 Å². The summed E-state index contributed by atoms with van der Waals surface area (Å²) in [7, 11) is 3.47. The minimum atomic E-state index is 0.441. The molecule has 0 fully saturated rings. The second-order valence-corrected chi connectivity index (χ2v) is 2.68. The number of nitrogens with zero attached hydrogens (tertiary/aromatic N) is 2. The van der Waals surface area contributed by atoms with Gasteiger partial charge in [0.15, 0.2) is 0 Å². The number of methoxy groups -OCH3 is 1. The summed E-state index contributed by atoms with van der Waals surface area (Å²) in [6.45, 7) is 1.50. The molecule has 0 spiro atoms. The standard InChI is InChI=1S/C8H15N3O2/c1-11-6-7(5-9)8(10-11)13-4-3-12-2/h6H,3-5,9H2,1-2H3. The maximum Gasteiger partial charge on any atom is 0.237 e. The molecule has 0 unspecified atom stereocenters. The molecule has 74 valence electrons. The highest BCUT2D eigenvalue weighted by Crippen LogP contribution is 2.13. The number of aromatic nitrogens is 2. The summed E-state index contributed by atoms with van der Waals surface area (Å²) in [5.41, 5.74) is 6.42. The number of nitrogens with two attached hydrogens (primary N) is 1. The van der Waals surface area contributed by atoms with Crippen molar-refractivity contribution in [2.24, 2.45) is 12.8 Å². The molecule has 0 aliphatic rings. The van der Waals surface area contributed by atoms with Crippen molar-refractivity contribution in [3.05, 3.63) is 11.8 Å². The molecule has 0 saturated heterocycles. The van der Waals surface area contributed by atoms with Crippen LogP contribution >= 0.6 is 0 Å². The summed E-state index contributed by atoms with van der Waals surface area (Å²) in [4.78, 5) is 0. The molecule has 0 aliphatic carbocycles. The zero-order valence-corrected chi connectivity index (χ0v) is 7.99. The lowest BCUT2D eigenvalue weighted by molar-refractivity contribution is 0.143. The summed E-state index contributed by atoms with van der Waals surface area (Å²) in [5, 5.41) is 4.11. The molecule has 0 atom stereocenters. The Morgan fingerprint density at radius 1 is 1.54 bits per heavy atom. The van der Waals surface area contributed by atoms with Gasteiger partial charge in [0.2, 0.25) is 5.88 Å². The van der Waals surface area contributed by atoms with Crippen LogP contribution in [0.25, 0.3) is 0 Å². The Hall–Kier alpha value is -1.07. The van der Waals surface area contributed by atoms with Crippen LogP contribution in [-0.4, -0.2) is 30.1 Å². The SMILES string of the molecule is COCCOc1nn(C)cc1CN. The lowest BCUT2D eigenvalue weighted by Gasteiger charge is -2.02. The highest BCUT2D eigenvalue weighted by atomic mass is 16.5. The van der Waals surface area contributed by atoms with E-state index in [9.17, 15) is 0 Å². The third kappa shape index (κ3) is 2.71. The second-order valence-electron chi connectivity index (χ2n) is 2.68. The summed E-state index contributed by atoms with van der Waals surface area (Å²) in [5.74, 6) is 0.599. The number of rotatable bonds is 5. The maximum atomic E-state index is 5.50. The van der Waals surface area contributed by atoms with Gasteiger partial charge in [-0.05, 0) is 0 Å². The minimum Gasteiger partial charge on any atom is -0.474 e. The van der Waals surface area contributed by atoms with Gasteiger partial charge in [-0.2, -0.15) is 0 Å². The third-order valence-corrected chi connectivity index (χ3v) is 1.61. The van der Waals surface area contributed by atoms with Crippen LogP contribution in [0.2, 0.25) is 0 Å². The molecule has 13 heavy (non-hydrogen) atoms. The van der Waals surface area contributed by atoms with Gasteiger partial charge in [0.05, 0.1) is 6.61 Å². The van der Waals surface area contributed by atoms with Gasteiger partial charge in [0, 0.05) is 32.5 Å². The number of ether oxygens (including phenoxy) is 2. The minimum absolute atomic E-state index is 0.441. The van der Waals surface area contributed by atoms with Crippen LogP contribution in [-0.2, 0) is 18.3 Å². The zero-order valence-electron chi connectivity index (χ0n) is 7.99. The predicted molar refractivity (Wildman–Crippen MR) is 48.5 cm³/mol. The van der Waals surface area contributed by atoms with E-state index < -0.39 is 0 Å². The lowest BCUT2D eigenvalue weighted by atomic mass is 10.3. The molecule has 1 rings (SSSR count). The molecule has 0 aromatic carbocycles. The van der Waals surface area contributed by atoms with Gasteiger partial charge in [0.1, 0.15) is 6.61 Å². The average molecular weight is 185 g/mol. The molecular weight excluding hydrogens is 170 g/mol. The van der Waals surface area contributed by atoms with E-state index >= 15 is 0 Å². The first-order valence-electron chi connectivity index (χ1n) is 4.12. The Kier molecular flexibility index (Phi) is 3.72. The van der Waals surface area contributed by atoms with E-state index in [0.717, 1.165) is 5.56 Å². The molecule has 1 heterocycles. The monoisotopic (exact) mass is 185 g/mol. The zero-order chi connectivity index (χ0) is 9.68. The average Bonchev–Trinajstić information content (AvgIpc) is 2.47. The number of hydrogen-bond acceptors (Lipinski definition) is 4. The molecule has 0 radical (unpaired) electrons. The fourth-order valence-corrected chi connectivity index (χ4v) is 1.00. The Balaban J connectivity index is 2.53. The summed E-state index contributed by atoms with van der Waals surface area (Å²) >= 11 is 0. The molecule has 0 bridgehead atoms. The van der Waals surface area contributed by atoms with Crippen LogP contribution in [0.1, 0.15) is 5.56 Å². The third-order valence-electron chi connectivity index (χ3n) is 1.61. The fraction of sp³-hybridized carbons (Fsp3) is 0.625. The van der Waals surface area contributed by atoms with E-state index in [2.05, 4.69) is 5.10 Å². The molecule has 5 nitrogen and oxygen atoms in total. The number of aryl methyl sites for hydroxylation is 1. The first-order valence-corrected chi connectivity index (χ1v) is 4.12. The Morgan fingerprint density at radius 3 is 2.92 bits per heavy atom. The second kappa shape index (κ2) is 4.84. The van der Waals surface area contributed by atoms with Crippen LogP contribution in [0.15, 0.2) is 6.20 Å². The van der Waals surface area contributed by atoms with Gasteiger partial charge in [-0.1, -0.05) is 0 Å². The molecule has 5 heteroatoms. The molecule has 2 N–H and O–H groups in total. The van der Waals surface area contributed by atoms with Crippen LogP contribution in [0.3, 0.4) is 0 Å². The summed E-state index contributed by atoms with van der Waals surface area (Å²) < 4.78 is 11.9. The number of hydrogen-bond donors (Lipinski definition) is 1. The van der Waals surface area contributed by atoms with Crippen molar-refractivity contribution in [3.8, 4) is 5.88 Å². The van der Waals surface area contributed by atoms with Crippen LogP contribution in [0, 0.1) is 0 Å². The van der Waals surface area contributed by atoms with Gasteiger partial charge in [-0.15, -0.1) is 5.10 Å². The first-order chi connectivity index (χ1) is 6.27.